The Morgan fingerprint density at radius 1 is 0.667 bits per heavy atom. The minimum atomic E-state index is -1.05. The number of ether oxygens (including phenoxy) is 4. The van der Waals surface area contributed by atoms with Gasteiger partial charge in [0.05, 0.1) is 0 Å². The van der Waals surface area contributed by atoms with E-state index in [0.717, 1.165) is 0 Å². The zero-order valence-electron chi connectivity index (χ0n) is 16.1. The first-order chi connectivity index (χ1) is 14.3. The van der Waals surface area contributed by atoms with Gasteiger partial charge in [0, 0.05) is 13.8 Å². The van der Waals surface area contributed by atoms with E-state index in [1.54, 1.807) is 0 Å². The third-order valence-electron chi connectivity index (χ3n) is 3.65. The van der Waals surface area contributed by atoms with Gasteiger partial charge in [-0.3, -0.25) is 19.2 Å². The van der Waals surface area contributed by atoms with E-state index in [1.807, 2.05) is 0 Å². The second-order valence-electron chi connectivity index (χ2n) is 5.92. The molecule has 2 rings (SSSR count). The van der Waals surface area contributed by atoms with Crippen molar-refractivity contribution >= 4 is 30.7 Å². The maximum absolute atomic E-state index is 11.9. The average Bonchev–Trinajstić information content (AvgIpc) is 2.71. The number of hydrogen-bond acceptors (Lipinski definition) is 9. The van der Waals surface area contributed by atoms with Crippen molar-refractivity contribution in [2.45, 2.75) is 26.1 Å². The summed E-state index contributed by atoms with van der Waals surface area (Å²) < 4.78 is 19.8. The van der Waals surface area contributed by atoms with E-state index in [9.17, 15) is 24.0 Å². The predicted molar refractivity (Wildman–Crippen MR) is 101 cm³/mol. The van der Waals surface area contributed by atoms with Crippen molar-refractivity contribution in [1.29, 1.82) is 0 Å². The molecule has 30 heavy (non-hydrogen) atoms. The SMILES string of the molecule is CC(=O)OC(C=O)c1ccc(OC(=O)Oc2ccc(C(C=O)OC(C)=O)cc2)cc1. The Morgan fingerprint density at radius 2 is 1.00 bits per heavy atom. The molecule has 0 aliphatic rings. The summed E-state index contributed by atoms with van der Waals surface area (Å²) in [6.07, 6.45) is -2.17. The van der Waals surface area contributed by atoms with Crippen molar-refractivity contribution < 1.29 is 42.9 Å². The molecular formula is C21H18O9. The zero-order valence-corrected chi connectivity index (χ0v) is 16.1. The minimum Gasteiger partial charge on any atom is -0.450 e. The van der Waals surface area contributed by atoms with Gasteiger partial charge in [-0.1, -0.05) is 24.3 Å². The highest BCUT2D eigenvalue weighted by molar-refractivity contribution is 5.72. The van der Waals surface area contributed by atoms with Gasteiger partial charge in [0.2, 0.25) is 0 Å². The molecule has 2 aromatic carbocycles. The van der Waals surface area contributed by atoms with Gasteiger partial charge in [-0.2, -0.15) is 0 Å². The number of esters is 2. The van der Waals surface area contributed by atoms with Crippen LogP contribution in [0, 0.1) is 0 Å². The van der Waals surface area contributed by atoms with Crippen LogP contribution in [-0.2, 0) is 28.7 Å². The van der Waals surface area contributed by atoms with E-state index in [-0.39, 0.29) is 11.5 Å². The Kier molecular flexibility index (Phi) is 7.81. The molecule has 0 fully saturated rings. The van der Waals surface area contributed by atoms with Crippen LogP contribution in [0.4, 0.5) is 4.79 Å². The Morgan fingerprint density at radius 3 is 1.27 bits per heavy atom. The molecule has 0 spiro atoms. The third-order valence-corrected chi connectivity index (χ3v) is 3.65. The molecule has 156 valence electrons. The number of rotatable bonds is 8. The molecule has 0 radical (unpaired) electrons. The van der Waals surface area contributed by atoms with Crippen LogP contribution in [-0.4, -0.2) is 30.7 Å². The molecule has 0 saturated carbocycles. The van der Waals surface area contributed by atoms with Crippen molar-refractivity contribution in [2.24, 2.45) is 0 Å². The Labute approximate surface area is 171 Å². The number of carbonyl (C=O) groups excluding carboxylic acids is 5. The van der Waals surface area contributed by atoms with Gasteiger partial charge in [-0.15, -0.1) is 0 Å². The van der Waals surface area contributed by atoms with Crippen molar-refractivity contribution in [1.82, 2.24) is 0 Å². The quantitative estimate of drug-likeness (QED) is 0.364. The van der Waals surface area contributed by atoms with Crippen molar-refractivity contribution in [2.75, 3.05) is 0 Å². The number of carbonyl (C=O) groups is 5. The van der Waals surface area contributed by atoms with E-state index in [1.165, 1.54) is 62.4 Å². The second-order valence-corrected chi connectivity index (χ2v) is 5.92. The van der Waals surface area contributed by atoms with Crippen LogP contribution >= 0.6 is 0 Å². The number of benzene rings is 2. The van der Waals surface area contributed by atoms with Crippen LogP contribution in [0.3, 0.4) is 0 Å². The first kappa shape index (κ1) is 22.3. The topological polar surface area (TPSA) is 122 Å². The molecule has 2 atom stereocenters. The third kappa shape index (κ3) is 6.55. The summed E-state index contributed by atoms with van der Waals surface area (Å²) in [5, 5.41) is 0. The Bertz CT molecular complexity index is 841. The Balaban J connectivity index is 1.97. The molecule has 0 amide bonds. The molecule has 2 unspecified atom stereocenters. The van der Waals surface area contributed by atoms with Crippen molar-refractivity contribution in [3.63, 3.8) is 0 Å². The lowest BCUT2D eigenvalue weighted by molar-refractivity contribution is -0.150. The first-order valence-electron chi connectivity index (χ1n) is 8.67. The molecule has 9 heteroatoms. The first-order valence-corrected chi connectivity index (χ1v) is 8.67. The normalized spacial score (nSPS) is 12.1. The van der Waals surface area contributed by atoms with E-state index in [0.29, 0.717) is 23.7 Å². The lowest BCUT2D eigenvalue weighted by atomic mass is 10.1. The van der Waals surface area contributed by atoms with Gasteiger partial charge in [-0.25, -0.2) is 4.79 Å². The molecule has 0 aliphatic heterocycles. The standard InChI is InChI=1S/C21H18O9/c1-13(24)27-19(11-22)15-3-7-17(8-4-15)29-21(26)30-18-9-5-16(6-10-18)20(12-23)28-14(2)25/h3-12,19-20H,1-2H3. The van der Waals surface area contributed by atoms with Crippen LogP contribution in [0.15, 0.2) is 48.5 Å². The molecule has 0 saturated heterocycles. The summed E-state index contributed by atoms with van der Waals surface area (Å²) >= 11 is 0. The molecule has 0 aromatic heterocycles. The average molecular weight is 414 g/mol. The lowest BCUT2D eigenvalue weighted by Crippen LogP contribution is -2.14. The number of aldehydes is 2. The van der Waals surface area contributed by atoms with Gasteiger partial charge >= 0.3 is 18.1 Å². The summed E-state index contributed by atoms with van der Waals surface area (Å²) in [5.41, 5.74) is 0.822. The lowest BCUT2D eigenvalue weighted by Gasteiger charge is -2.12. The van der Waals surface area contributed by atoms with Crippen LogP contribution in [0.25, 0.3) is 0 Å². The largest absolute Gasteiger partial charge is 0.519 e. The monoisotopic (exact) mass is 414 g/mol. The number of hydrogen-bond donors (Lipinski definition) is 0. The zero-order chi connectivity index (χ0) is 22.1. The summed E-state index contributed by atoms with van der Waals surface area (Å²) in [6.45, 7) is 2.37. The van der Waals surface area contributed by atoms with Crippen molar-refractivity contribution in [3.8, 4) is 11.5 Å². The second kappa shape index (κ2) is 10.5. The maximum Gasteiger partial charge on any atom is 0.519 e. The van der Waals surface area contributed by atoms with Gasteiger partial charge in [0.15, 0.2) is 24.8 Å². The minimum absolute atomic E-state index is 0.142. The fraction of sp³-hybridized carbons (Fsp3) is 0.190. The fourth-order valence-corrected chi connectivity index (χ4v) is 2.37. The highest BCUT2D eigenvalue weighted by atomic mass is 16.7. The van der Waals surface area contributed by atoms with Crippen LogP contribution in [0.2, 0.25) is 0 Å². The van der Waals surface area contributed by atoms with Gasteiger partial charge < -0.3 is 18.9 Å². The summed E-state index contributed by atoms with van der Waals surface area (Å²) in [4.78, 5) is 55.9. The summed E-state index contributed by atoms with van der Waals surface area (Å²) in [6, 6.07) is 11.5. The van der Waals surface area contributed by atoms with Crippen LogP contribution in [0.1, 0.15) is 37.2 Å². The summed E-state index contributed by atoms with van der Waals surface area (Å²) in [7, 11) is 0. The molecule has 0 aliphatic carbocycles. The molecule has 0 heterocycles. The van der Waals surface area contributed by atoms with Crippen LogP contribution < -0.4 is 9.47 Å². The highest BCUT2D eigenvalue weighted by Crippen LogP contribution is 2.22. The predicted octanol–water partition coefficient (Wildman–Crippen LogP) is 2.87. The summed E-state index contributed by atoms with van der Waals surface area (Å²) in [5.74, 6) is -0.920. The van der Waals surface area contributed by atoms with E-state index < -0.39 is 30.3 Å². The maximum atomic E-state index is 11.9. The molecule has 0 bridgehead atoms. The molecule has 0 N–H and O–H groups in total. The molecular weight excluding hydrogens is 396 g/mol. The molecule has 9 nitrogen and oxygen atoms in total. The van der Waals surface area contributed by atoms with E-state index >= 15 is 0 Å². The van der Waals surface area contributed by atoms with E-state index in [2.05, 4.69) is 0 Å². The molecule has 2 aromatic rings. The van der Waals surface area contributed by atoms with Gasteiger partial charge in [-0.05, 0) is 35.4 Å². The smallest absolute Gasteiger partial charge is 0.450 e. The fourth-order valence-electron chi connectivity index (χ4n) is 2.37. The highest BCUT2D eigenvalue weighted by Gasteiger charge is 2.16. The Hall–Kier alpha value is -4.01. The van der Waals surface area contributed by atoms with Gasteiger partial charge in [0.1, 0.15) is 11.5 Å². The van der Waals surface area contributed by atoms with Crippen LogP contribution in [0.5, 0.6) is 11.5 Å². The van der Waals surface area contributed by atoms with E-state index in [4.69, 9.17) is 18.9 Å². The van der Waals surface area contributed by atoms with Crippen molar-refractivity contribution in [3.05, 3.63) is 59.7 Å². The van der Waals surface area contributed by atoms with Gasteiger partial charge in [0.25, 0.3) is 0 Å².